The summed E-state index contributed by atoms with van der Waals surface area (Å²) in [6.07, 6.45) is 3.13. The maximum absolute atomic E-state index is 10.5. The average molecular weight is 328 g/mol. The standard InChI is InChI=1S/C18H37N3O2/c1-4-17-12-20(9-10-21(17)11-16(3)22)14-18(23)13-19-7-5-15(2)6-8-19/h15-18,22-23H,4-14H2,1-3H3/t16-,17-,18-/m1/s1. The van der Waals surface area contributed by atoms with E-state index in [9.17, 15) is 10.2 Å². The Morgan fingerprint density at radius 3 is 2.22 bits per heavy atom. The smallest absolute Gasteiger partial charge is 0.0793 e. The highest BCUT2D eigenvalue weighted by Gasteiger charge is 2.28. The Morgan fingerprint density at radius 1 is 0.957 bits per heavy atom. The molecule has 0 bridgehead atoms. The lowest BCUT2D eigenvalue weighted by Crippen LogP contribution is -2.56. The Kier molecular flexibility index (Phi) is 7.76. The van der Waals surface area contributed by atoms with Crippen LogP contribution >= 0.6 is 0 Å². The summed E-state index contributed by atoms with van der Waals surface area (Å²) < 4.78 is 0. The predicted octanol–water partition coefficient (Wildman–Crippen LogP) is 0.856. The summed E-state index contributed by atoms with van der Waals surface area (Å²) in [7, 11) is 0. The van der Waals surface area contributed by atoms with Crippen molar-refractivity contribution in [3.8, 4) is 0 Å². The molecule has 2 N–H and O–H groups in total. The molecule has 0 unspecified atom stereocenters. The Balaban J connectivity index is 1.73. The van der Waals surface area contributed by atoms with Crippen molar-refractivity contribution in [2.24, 2.45) is 5.92 Å². The zero-order valence-corrected chi connectivity index (χ0v) is 15.3. The Bertz CT molecular complexity index is 332. The van der Waals surface area contributed by atoms with Crippen molar-refractivity contribution in [1.29, 1.82) is 0 Å². The molecule has 5 nitrogen and oxygen atoms in total. The summed E-state index contributed by atoms with van der Waals surface area (Å²) >= 11 is 0. The van der Waals surface area contributed by atoms with Gasteiger partial charge in [0.25, 0.3) is 0 Å². The molecule has 2 fully saturated rings. The van der Waals surface area contributed by atoms with Crippen LogP contribution in [-0.2, 0) is 0 Å². The summed E-state index contributed by atoms with van der Waals surface area (Å²) in [5.74, 6) is 0.843. The molecule has 0 aromatic carbocycles. The first-order valence-corrected chi connectivity index (χ1v) is 9.52. The number of aliphatic hydroxyl groups excluding tert-OH is 2. The number of nitrogens with zero attached hydrogens (tertiary/aromatic N) is 3. The van der Waals surface area contributed by atoms with Gasteiger partial charge in [-0.05, 0) is 45.2 Å². The summed E-state index contributed by atoms with van der Waals surface area (Å²) in [6, 6.07) is 0.501. The molecule has 2 saturated heterocycles. The van der Waals surface area contributed by atoms with Crippen molar-refractivity contribution in [3.63, 3.8) is 0 Å². The van der Waals surface area contributed by atoms with E-state index in [0.717, 1.165) is 64.7 Å². The van der Waals surface area contributed by atoms with Crippen LogP contribution in [0.3, 0.4) is 0 Å². The fourth-order valence-corrected chi connectivity index (χ4v) is 3.99. The van der Waals surface area contributed by atoms with Crippen LogP contribution in [0.5, 0.6) is 0 Å². The summed E-state index contributed by atoms with van der Waals surface area (Å²) in [5.41, 5.74) is 0. The van der Waals surface area contributed by atoms with Crippen LogP contribution in [0.15, 0.2) is 0 Å². The molecular weight excluding hydrogens is 290 g/mol. The molecular formula is C18H37N3O2. The molecule has 2 aliphatic heterocycles. The molecule has 136 valence electrons. The fraction of sp³-hybridized carbons (Fsp3) is 1.00. The van der Waals surface area contributed by atoms with Gasteiger partial charge in [-0.25, -0.2) is 0 Å². The molecule has 2 heterocycles. The van der Waals surface area contributed by atoms with Crippen molar-refractivity contribution in [1.82, 2.24) is 14.7 Å². The van der Waals surface area contributed by atoms with Gasteiger partial charge in [0, 0.05) is 45.3 Å². The van der Waals surface area contributed by atoms with Gasteiger partial charge in [-0.15, -0.1) is 0 Å². The zero-order chi connectivity index (χ0) is 16.8. The predicted molar refractivity (Wildman–Crippen MR) is 94.6 cm³/mol. The van der Waals surface area contributed by atoms with Crippen molar-refractivity contribution >= 4 is 0 Å². The third-order valence-corrected chi connectivity index (χ3v) is 5.47. The van der Waals surface area contributed by atoms with Crippen molar-refractivity contribution in [2.75, 3.05) is 52.4 Å². The van der Waals surface area contributed by atoms with Gasteiger partial charge in [0.15, 0.2) is 0 Å². The SMILES string of the molecule is CC[C@@H]1CN(C[C@H](O)CN2CCC(C)CC2)CCN1C[C@@H](C)O. The minimum Gasteiger partial charge on any atom is -0.392 e. The van der Waals surface area contributed by atoms with Gasteiger partial charge < -0.3 is 15.1 Å². The lowest BCUT2D eigenvalue weighted by molar-refractivity contribution is 0.00769. The Labute approximate surface area is 142 Å². The maximum Gasteiger partial charge on any atom is 0.0793 e. The highest BCUT2D eigenvalue weighted by Crippen LogP contribution is 2.17. The normalized spacial score (nSPS) is 28.8. The number of rotatable bonds is 7. The second-order valence-corrected chi connectivity index (χ2v) is 7.80. The van der Waals surface area contributed by atoms with Crippen LogP contribution in [0, 0.1) is 5.92 Å². The molecule has 0 spiro atoms. The van der Waals surface area contributed by atoms with Gasteiger partial charge in [0.05, 0.1) is 12.2 Å². The molecule has 3 atom stereocenters. The van der Waals surface area contributed by atoms with Gasteiger partial charge in [-0.2, -0.15) is 0 Å². The molecule has 2 aliphatic rings. The number of likely N-dealkylation sites (tertiary alicyclic amines) is 1. The van der Waals surface area contributed by atoms with Gasteiger partial charge in [-0.1, -0.05) is 13.8 Å². The van der Waals surface area contributed by atoms with E-state index < -0.39 is 0 Å². The monoisotopic (exact) mass is 327 g/mol. The van der Waals surface area contributed by atoms with Crippen molar-refractivity contribution in [3.05, 3.63) is 0 Å². The van der Waals surface area contributed by atoms with Crippen LogP contribution in [0.4, 0.5) is 0 Å². The Morgan fingerprint density at radius 2 is 1.61 bits per heavy atom. The molecule has 2 rings (SSSR count). The number of hydrogen-bond donors (Lipinski definition) is 2. The minimum absolute atomic E-state index is 0.246. The number of piperazine rings is 1. The fourth-order valence-electron chi connectivity index (χ4n) is 3.99. The lowest BCUT2D eigenvalue weighted by atomic mass is 9.99. The van der Waals surface area contributed by atoms with E-state index >= 15 is 0 Å². The summed E-state index contributed by atoms with van der Waals surface area (Å²) in [6.45, 7) is 14.0. The largest absolute Gasteiger partial charge is 0.392 e. The molecule has 5 heteroatoms. The second kappa shape index (κ2) is 9.33. The van der Waals surface area contributed by atoms with E-state index in [4.69, 9.17) is 0 Å². The minimum atomic E-state index is -0.261. The highest BCUT2D eigenvalue weighted by atomic mass is 16.3. The van der Waals surface area contributed by atoms with E-state index in [2.05, 4.69) is 28.5 Å². The number of piperidine rings is 1. The average Bonchev–Trinajstić information content (AvgIpc) is 2.50. The van der Waals surface area contributed by atoms with E-state index in [1.807, 2.05) is 6.92 Å². The van der Waals surface area contributed by atoms with Crippen molar-refractivity contribution in [2.45, 2.75) is 58.3 Å². The van der Waals surface area contributed by atoms with E-state index in [1.165, 1.54) is 12.8 Å². The molecule has 23 heavy (non-hydrogen) atoms. The molecule has 0 amide bonds. The van der Waals surface area contributed by atoms with E-state index in [1.54, 1.807) is 0 Å². The van der Waals surface area contributed by atoms with Gasteiger partial charge in [0.1, 0.15) is 0 Å². The maximum atomic E-state index is 10.5. The second-order valence-electron chi connectivity index (χ2n) is 7.80. The summed E-state index contributed by atoms with van der Waals surface area (Å²) in [4.78, 5) is 7.23. The number of aliphatic hydroxyl groups is 2. The quantitative estimate of drug-likeness (QED) is 0.726. The van der Waals surface area contributed by atoms with Crippen LogP contribution in [0.2, 0.25) is 0 Å². The molecule has 0 aromatic heterocycles. The van der Waals surface area contributed by atoms with Crippen LogP contribution in [0.25, 0.3) is 0 Å². The van der Waals surface area contributed by atoms with Crippen LogP contribution < -0.4 is 0 Å². The van der Waals surface area contributed by atoms with Crippen LogP contribution in [-0.4, -0.2) is 95.5 Å². The van der Waals surface area contributed by atoms with Crippen molar-refractivity contribution < 1.29 is 10.2 Å². The lowest BCUT2D eigenvalue weighted by Gasteiger charge is -2.42. The molecule has 0 aromatic rings. The first-order valence-electron chi connectivity index (χ1n) is 9.52. The van der Waals surface area contributed by atoms with Gasteiger partial charge >= 0.3 is 0 Å². The topological polar surface area (TPSA) is 50.2 Å². The van der Waals surface area contributed by atoms with E-state index in [0.29, 0.717) is 6.04 Å². The summed E-state index contributed by atoms with van der Waals surface area (Å²) in [5, 5.41) is 20.1. The first-order chi connectivity index (χ1) is 11.0. The highest BCUT2D eigenvalue weighted by molar-refractivity contribution is 4.84. The molecule has 0 aliphatic carbocycles. The van der Waals surface area contributed by atoms with Crippen LogP contribution in [0.1, 0.15) is 40.0 Å². The number of β-amino-alcohol motifs (C(OH)–C–C–N with tert-alkyl or cyclic N) is 2. The first kappa shape index (κ1) is 19.1. The zero-order valence-electron chi connectivity index (χ0n) is 15.3. The number of hydrogen-bond acceptors (Lipinski definition) is 5. The van der Waals surface area contributed by atoms with E-state index in [-0.39, 0.29) is 12.2 Å². The Hall–Kier alpha value is -0.200. The van der Waals surface area contributed by atoms with Gasteiger partial charge in [-0.3, -0.25) is 9.80 Å². The molecule has 0 saturated carbocycles. The third kappa shape index (κ3) is 6.31. The third-order valence-electron chi connectivity index (χ3n) is 5.47. The molecule has 0 radical (unpaired) electrons. The van der Waals surface area contributed by atoms with Gasteiger partial charge in [0.2, 0.25) is 0 Å².